The lowest BCUT2D eigenvalue weighted by Gasteiger charge is -2.56. The predicted octanol–water partition coefficient (Wildman–Crippen LogP) is 6.01. The van der Waals surface area contributed by atoms with E-state index in [1.54, 1.807) is 0 Å². The minimum absolute atomic E-state index is 0.0549. The van der Waals surface area contributed by atoms with E-state index < -0.39 is 0 Å². The van der Waals surface area contributed by atoms with E-state index in [2.05, 4.69) is 16.7 Å². The third kappa shape index (κ3) is 3.20. The van der Waals surface area contributed by atoms with Gasteiger partial charge in [-0.3, -0.25) is 4.79 Å². The number of nitrogens with one attached hydrogen (secondary N) is 2. The molecular formula is C25H26N2O2S. The molecule has 4 saturated carbocycles. The number of rotatable bonds is 3. The number of fused-ring (bicyclic) bond motifs is 3. The number of furan rings is 1. The van der Waals surface area contributed by atoms with E-state index in [1.807, 2.05) is 36.4 Å². The molecular weight excluding hydrogens is 392 g/mol. The van der Waals surface area contributed by atoms with Crippen LogP contribution >= 0.6 is 12.2 Å². The topological polar surface area (TPSA) is 54.3 Å². The van der Waals surface area contributed by atoms with Crippen LogP contribution in [0.5, 0.6) is 0 Å². The van der Waals surface area contributed by atoms with Crippen molar-refractivity contribution >= 4 is 50.9 Å². The van der Waals surface area contributed by atoms with Crippen LogP contribution in [0.3, 0.4) is 0 Å². The van der Waals surface area contributed by atoms with Gasteiger partial charge in [-0.15, -0.1) is 0 Å². The third-order valence-corrected chi connectivity index (χ3v) is 7.79. The van der Waals surface area contributed by atoms with E-state index in [9.17, 15) is 4.79 Å². The van der Waals surface area contributed by atoms with Crippen LogP contribution in [0.4, 0.5) is 5.69 Å². The highest BCUT2D eigenvalue weighted by Gasteiger charge is 2.51. The number of carbonyl (C=O) groups excluding carboxylic acids is 1. The average Bonchev–Trinajstić information content (AvgIpc) is 3.03. The van der Waals surface area contributed by atoms with E-state index in [0.717, 1.165) is 45.4 Å². The third-order valence-electron chi connectivity index (χ3n) is 7.59. The predicted molar refractivity (Wildman–Crippen MR) is 123 cm³/mol. The Morgan fingerprint density at radius 2 is 1.63 bits per heavy atom. The van der Waals surface area contributed by atoms with Crippen molar-refractivity contribution in [2.45, 2.75) is 44.9 Å². The molecule has 4 nitrogen and oxygen atoms in total. The van der Waals surface area contributed by atoms with Crippen molar-refractivity contribution < 1.29 is 9.21 Å². The maximum atomic E-state index is 12.8. The van der Waals surface area contributed by atoms with E-state index in [0.29, 0.717) is 11.5 Å². The first kappa shape index (κ1) is 18.4. The van der Waals surface area contributed by atoms with Crippen molar-refractivity contribution in [3.63, 3.8) is 0 Å². The summed E-state index contributed by atoms with van der Waals surface area (Å²) in [6.45, 7) is 0. The molecule has 0 aliphatic heterocycles. The smallest absolute Gasteiger partial charge is 0.226 e. The number of benzene rings is 2. The van der Waals surface area contributed by atoms with Gasteiger partial charge < -0.3 is 15.1 Å². The highest BCUT2D eigenvalue weighted by molar-refractivity contribution is 7.80. The molecule has 1 aromatic heterocycles. The van der Waals surface area contributed by atoms with Gasteiger partial charge in [0.1, 0.15) is 11.2 Å². The first-order chi connectivity index (χ1) is 14.6. The molecule has 5 heteroatoms. The van der Waals surface area contributed by atoms with Gasteiger partial charge in [0.25, 0.3) is 0 Å². The molecule has 1 amide bonds. The Bertz CT molecular complexity index is 1130. The van der Waals surface area contributed by atoms with Crippen LogP contribution in [0.2, 0.25) is 0 Å². The second-order valence-corrected chi connectivity index (χ2v) is 10.3. The van der Waals surface area contributed by atoms with Crippen LogP contribution in [0, 0.1) is 23.2 Å². The molecule has 30 heavy (non-hydrogen) atoms. The first-order valence-corrected chi connectivity index (χ1v) is 11.5. The van der Waals surface area contributed by atoms with Crippen molar-refractivity contribution in [2.75, 3.05) is 5.32 Å². The molecule has 3 aromatic rings. The zero-order chi connectivity index (χ0) is 20.3. The molecule has 0 atom stereocenters. The molecule has 4 fully saturated rings. The van der Waals surface area contributed by atoms with Crippen LogP contribution in [0.1, 0.15) is 44.9 Å². The summed E-state index contributed by atoms with van der Waals surface area (Å²) in [5, 5.41) is 8.63. The van der Waals surface area contributed by atoms with Crippen molar-refractivity contribution in [3.8, 4) is 0 Å². The van der Waals surface area contributed by atoms with Gasteiger partial charge in [0.05, 0.1) is 0 Å². The van der Waals surface area contributed by atoms with E-state index in [-0.39, 0.29) is 11.3 Å². The molecule has 0 radical (unpaired) electrons. The number of thiocarbonyl (C=S) groups is 1. The van der Waals surface area contributed by atoms with Crippen molar-refractivity contribution in [2.24, 2.45) is 23.2 Å². The SMILES string of the molecule is O=C(CC12CC3CC(CC(C3)C1)C2)NC(=S)Nc1ccc2c(c1)oc1ccccc12. The highest BCUT2D eigenvalue weighted by Crippen LogP contribution is 2.61. The summed E-state index contributed by atoms with van der Waals surface area (Å²) in [5.74, 6) is 2.61. The minimum Gasteiger partial charge on any atom is -0.456 e. The summed E-state index contributed by atoms with van der Waals surface area (Å²) in [6.07, 6.45) is 8.49. The molecule has 2 aromatic carbocycles. The van der Waals surface area contributed by atoms with Gasteiger partial charge in [0.2, 0.25) is 5.91 Å². The lowest BCUT2D eigenvalue weighted by atomic mass is 9.49. The first-order valence-electron chi connectivity index (χ1n) is 11.1. The van der Waals surface area contributed by atoms with Gasteiger partial charge >= 0.3 is 0 Å². The van der Waals surface area contributed by atoms with Crippen LogP contribution in [0.15, 0.2) is 46.9 Å². The maximum Gasteiger partial charge on any atom is 0.226 e. The van der Waals surface area contributed by atoms with Gasteiger partial charge in [-0.05, 0) is 92.1 Å². The van der Waals surface area contributed by atoms with Crippen molar-refractivity contribution in [3.05, 3.63) is 42.5 Å². The fraction of sp³-hybridized carbons (Fsp3) is 0.440. The average molecular weight is 419 g/mol. The fourth-order valence-electron chi connectivity index (χ4n) is 6.98. The lowest BCUT2D eigenvalue weighted by Crippen LogP contribution is -2.48. The van der Waals surface area contributed by atoms with Crippen LogP contribution in [-0.2, 0) is 4.79 Å². The summed E-state index contributed by atoms with van der Waals surface area (Å²) in [5.41, 5.74) is 2.73. The van der Waals surface area contributed by atoms with Gasteiger partial charge in [0, 0.05) is 28.9 Å². The number of carbonyl (C=O) groups is 1. The molecule has 7 rings (SSSR count). The van der Waals surface area contributed by atoms with Crippen LogP contribution < -0.4 is 10.6 Å². The fourth-order valence-corrected chi connectivity index (χ4v) is 7.22. The van der Waals surface area contributed by atoms with Crippen molar-refractivity contribution in [1.29, 1.82) is 0 Å². The van der Waals surface area contributed by atoms with E-state index in [4.69, 9.17) is 16.6 Å². The molecule has 4 bridgehead atoms. The van der Waals surface area contributed by atoms with Gasteiger partial charge in [-0.1, -0.05) is 18.2 Å². The molecule has 0 unspecified atom stereocenters. The Hall–Kier alpha value is -2.40. The monoisotopic (exact) mass is 418 g/mol. The largest absolute Gasteiger partial charge is 0.456 e. The number of para-hydroxylation sites is 1. The number of anilines is 1. The summed E-state index contributed by atoms with van der Waals surface area (Å²) in [7, 11) is 0. The number of hydrogen-bond donors (Lipinski definition) is 2. The van der Waals surface area contributed by atoms with E-state index in [1.165, 1.54) is 38.5 Å². The van der Waals surface area contributed by atoms with Gasteiger partial charge in [-0.2, -0.15) is 0 Å². The molecule has 0 spiro atoms. The number of amides is 1. The normalized spacial score (nSPS) is 29.4. The Morgan fingerprint density at radius 3 is 2.37 bits per heavy atom. The summed E-state index contributed by atoms with van der Waals surface area (Å²) in [4.78, 5) is 12.8. The van der Waals surface area contributed by atoms with Gasteiger partial charge in [0.15, 0.2) is 5.11 Å². The summed E-state index contributed by atoms with van der Waals surface area (Å²) in [6, 6.07) is 14.0. The van der Waals surface area contributed by atoms with E-state index >= 15 is 0 Å². The lowest BCUT2D eigenvalue weighted by molar-refractivity contribution is -0.127. The quantitative estimate of drug-likeness (QED) is 0.512. The summed E-state index contributed by atoms with van der Waals surface area (Å²) < 4.78 is 5.94. The Kier molecular flexibility index (Phi) is 4.17. The van der Waals surface area contributed by atoms with Crippen LogP contribution in [0.25, 0.3) is 21.9 Å². The molecule has 4 aliphatic carbocycles. The van der Waals surface area contributed by atoms with Crippen LogP contribution in [-0.4, -0.2) is 11.0 Å². The standard InChI is InChI=1S/C25H26N2O2S/c28-23(14-25-11-15-7-16(12-25)9-17(8-15)13-25)27-24(30)26-18-5-6-20-19-3-1-2-4-21(19)29-22(20)10-18/h1-6,10,15-17H,7-9,11-14H2,(H2,26,27,28,30). The Labute approximate surface area is 181 Å². The molecule has 1 heterocycles. The van der Waals surface area contributed by atoms with Crippen molar-refractivity contribution in [1.82, 2.24) is 5.32 Å². The Balaban J connectivity index is 1.12. The number of hydrogen-bond acceptors (Lipinski definition) is 3. The van der Waals surface area contributed by atoms with Gasteiger partial charge in [-0.25, -0.2) is 0 Å². The second kappa shape index (κ2) is 6.81. The highest BCUT2D eigenvalue weighted by atomic mass is 32.1. The maximum absolute atomic E-state index is 12.8. The second-order valence-electron chi connectivity index (χ2n) is 9.91. The zero-order valence-corrected chi connectivity index (χ0v) is 17.8. The minimum atomic E-state index is 0.0549. The molecule has 154 valence electrons. The zero-order valence-electron chi connectivity index (χ0n) is 16.9. The molecule has 2 N–H and O–H groups in total. The molecule has 4 aliphatic rings. The Morgan fingerprint density at radius 1 is 0.967 bits per heavy atom. The molecule has 0 saturated heterocycles. The summed E-state index contributed by atoms with van der Waals surface area (Å²) >= 11 is 5.44.